The van der Waals surface area contributed by atoms with E-state index in [4.69, 9.17) is 0 Å². The molecule has 0 unspecified atom stereocenters. The molecule has 2 nitrogen and oxygen atoms in total. The average molecular weight is 272 g/mol. The second-order valence-electron chi connectivity index (χ2n) is 6.58. The molecule has 0 amide bonds. The normalized spacial score (nSPS) is 21.8. The molecule has 20 heavy (non-hydrogen) atoms. The van der Waals surface area contributed by atoms with E-state index in [1.54, 1.807) is 0 Å². The molecule has 110 valence electrons. The smallest absolute Gasteiger partial charge is 0.0233 e. The predicted molar refractivity (Wildman–Crippen MR) is 84.7 cm³/mol. The molecule has 2 fully saturated rings. The van der Waals surface area contributed by atoms with Crippen LogP contribution in [0.15, 0.2) is 30.3 Å². The Bertz CT molecular complexity index is 378. The largest absolute Gasteiger partial charge is 0.314 e. The molecule has 2 heteroatoms. The van der Waals surface area contributed by atoms with E-state index in [9.17, 15) is 0 Å². The maximum Gasteiger partial charge on any atom is 0.0233 e. The van der Waals surface area contributed by atoms with Crippen molar-refractivity contribution in [3.05, 3.63) is 35.9 Å². The summed E-state index contributed by atoms with van der Waals surface area (Å²) in [5.74, 6) is 1.04. The van der Waals surface area contributed by atoms with Gasteiger partial charge in [-0.15, -0.1) is 0 Å². The first-order valence-corrected chi connectivity index (χ1v) is 8.40. The summed E-state index contributed by atoms with van der Waals surface area (Å²) in [6.07, 6.45) is 8.48. The lowest BCUT2D eigenvalue weighted by atomic mass is 9.83. The van der Waals surface area contributed by atoms with E-state index in [1.807, 2.05) is 0 Å². The van der Waals surface area contributed by atoms with Crippen molar-refractivity contribution in [3.63, 3.8) is 0 Å². The minimum atomic E-state index is 0.766. The molecule has 0 aromatic heterocycles. The summed E-state index contributed by atoms with van der Waals surface area (Å²) in [4.78, 5) is 2.60. The molecule has 0 bridgehead atoms. The van der Waals surface area contributed by atoms with Crippen molar-refractivity contribution in [2.75, 3.05) is 19.6 Å². The molecule has 2 aliphatic rings. The summed E-state index contributed by atoms with van der Waals surface area (Å²) in [5, 5.41) is 3.78. The van der Waals surface area contributed by atoms with E-state index < -0.39 is 0 Å². The molecule has 0 spiro atoms. The average Bonchev–Trinajstić information content (AvgIpc) is 2.44. The Hall–Kier alpha value is -0.860. The van der Waals surface area contributed by atoms with Gasteiger partial charge >= 0.3 is 0 Å². The second-order valence-corrected chi connectivity index (χ2v) is 6.58. The molecule has 0 atom stereocenters. The van der Waals surface area contributed by atoms with Crippen LogP contribution >= 0.6 is 0 Å². The Morgan fingerprint density at radius 2 is 1.75 bits per heavy atom. The van der Waals surface area contributed by atoms with Gasteiger partial charge in [0, 0.05) is 12.6 Å². The van der Waals surface area contributed by atoms with Crippen LogP contribution in [0.25, 0.3) is 0 Å². The van der Waals surface area contributed by atoms with Crippen LogP contribution in [0.4, 0.5) is 0 Å². The quantitative estimate of drug-likeness (QED) is 0.853. The first-order valence-electron chi connectivity index (χ1n) is 8.40. The summed E-state index contributed by atoms with van der Waals surface area (Å²) in [5.41, 5.74) is 1.45. The van der Waals surface area contributed by atoms with Gasteiger partial charge in [-0.1, -0.05) is 49.6 Å². The number of nitrogens with zero attached hydrogens (tertiary/aromatic N) is 1. The summed E-state index contributed by atoms with van der Waals surface area (Å²) in [7, 11) is 0. The molecular weight excluding hydrogens is 244 g/mol. The third-order valence-corrected chi connectivity index (χ3v) is 5.05. The van der Waals surface area contributed by atoms with Crippen molar-refractivity contribution in [3.8, 4) is 0 Å². The van der Waals surface area contributed by atoms with Crippen LogP contribution in [0.5, 0.6) is 0 Å². The second kappa shape index (κ2) is 7.24. The highest BCUT2D eigenvalue weighted by Gasteiger charge is 2.20. The zero-order valence-corrected chi connectivity index (χ0v) is 12.6. The molecule has 1 saturated heterocycles. The minimum absolute atomic E-state index is 0.766. The van der Waals surface area contributed by atoms with Crippen molar-refractivity contribution in [2.45, 2.75) is 51.1 Å². The van der Waals surface area contributed by atoms with Crippen LogP contribution in [0.2, 0.25) is 0 Å². The highest BCUT2D eigenvalue weighted by Crippen LogP contribution is 2.28. The van der Waals surface area contributed by atoms with Crippen LogP contribution in [-0.4, -0.2) is 30.6 Å². The first-order chi connectivity index (χ1) is 9.90. The van der Waals surface area contributed by atoms with Crippen molar-refractivity contribution >= 4 is 0 Å². The van der Waals surface area contributed by atoms with Crippen molar-refractivity contribution < 1.29 is 0 Å². The number of piperidine rings is 1. The minimum Gasteiger partial charge on any atom is -0.314 e. The number of benzene rings is 1. The standard InChI is InChI=1S/C18H28N2/c1-2-5-17(6-3-1)15-20-13-10-18(11-14-20)19-12-9-16-7-4-8-16/h1-3,5-6,16,18-19H,4,7-15H2. The molecule has 1 aliphatic carbocycles. The molecule has 1 aliphatic heterocycles. The van der Waals surface area contributed by atoms with Gasteiger partial charge in [0.1, 0.15) is 0 Å². The van der Waals surface area contributed by atoms with E-state index in [0.29, 0.717) is 0 Å². The predicted octanol–water partition coefficient (Wildman–Crippen LogP) is 3.43. The monoisotopic (exact) mass is 272 g/mol. The number of likely N-dealkylation sites (tertiary alicyclic amines) is 1. The van der Waals surface area contributed by atoms with E-state index in [0.717, 1.165) is 18.5 Å². The van der Waals surface area contributed by atoms with Crippen LogP contribution in [0.1, 0.15) is 44.1 Å². The highest BCUT2D eigenvalue weighted by atomic mass is 15.1. The lowest BCUT2D eigenvalue weighted by Crippen LogP contribution is -2.42. The Morgan fingerprint density at radius 3 is 2.40 bits per heavy atom. The molecule has 1 aromatic rings. The SMILES string of the molecule is c1ccc(CN2CCC(NCCC3CCC3)CC2)cc1. The van der Waals surface area contributed by atoms with E-state index in [2.05, 4.69) is 40.5 Å². The summed E-state index contributed by atoms with van der Waals surface area (Å²) in [6.45, 7) is 4.86. The van der Waals surface area contributed by atoms with Gasteiger partial charge < -0.3 is 5.32 Å². The van der Waals surface area contributed by atoms with E-state index in [-0.39, 0.29) is 0 Å². The van der Waals surface area contributed by atoms with Gasteiger partial charge in [0.25, 0.3) is 0 Å². The lowest BCUT2D eigenvalue weighted by Gasteiger charge is -2.33. The Kier molecular flexibility index (Phi) is 5.10. The highest BCUT2D eigenvalue weighted by molar-refractivity contribution is 5.14. The molecule has 1 aromatic carbocycles. The molecule has 1 saturated carbocycles. The molecule has 1 N–H and O–H groups in total. The Balaban J connectivity index is 1.32. The topological polar surface area (TPSA) is 15.3 Å². The number of hydrogen-bond donors (Lipinski definition) is 1. The van der Waals surface area contributed by atoms with E-state index in [1.165, 1.54) is 63.7 Å². The molecule has 0 radical (unpaired) electrons. The van der Waals surface area contributed by atoms with Gasteiger partial charge in [0.05, 0.1) is 0 Å². The Labute approximate surface area is 123 Å². The van der Waals surface area contributed by atoms with Crippen LogP contribution in [0, 0.1) is 5.92 Å². The van der Waals surface area contributed by atoms with Gasteiger partial charge in [-0.25, -0.2) is 0 Å². The third kappa shape index (κ3) is 4.07. The fourth-order valence-electron chi connectivity index (χ4n) is 3.41. The molecule has 1 heterocycles. The van der Waals surface area contributed by atoms with Crippen molar-refractivity contribution in [1.29, 1.82) is 0 Å². The summed E-state index contributed by atoms with van der Waals surface area (Å²) < 4.78 is 0. The fraction of sp³-hybridized carbons (Fsp3) is 0.667. The third-order valence-electron chi connectivity index (χ3n) is 5.05. The molecule has 3 rings (SSSR count). The fourth-order valence-corrected chi connectivity index (χ4v) is 3.41. The van der Waals surface area contributed by atoms with Crippen LogP contribution in [-0.2, 0) is 6.54 Å². The summed E-state index contributed by atoms with van der Waals surface area (Å²) >= 11 is 0. The maximum atomic E-state index is 3.78. The van der Waals surface area contributed by atoms with Gasteiger partial charge in [-0.2, -0.15) is 0 Å². The van der Waals surface area contributed by atoms with Crippen molar-refractivity contribution in [2.24, 2.45) is 5.92 Å². The number of rotatable bonds is 6. The zero-order chi connectivity index (χ0) is 13.6. The van der Waals surface area contributed by atoms with Crippen LogP contribution in [0.3, 0.4) is 0 Å². The lowest BCUT2D eigenvalue weighted by molar-refractivity contribution is 0.187. The van der Waals surface area contributed by atoms with Crippen molar-refractivity contribution in [1.82, 2.24) is 10.2 Å². The van der Waals surface area contributed by atoms with E-state index >= 15 is 0 Å². The number of hydrogen-bond acceptors (Lipinski definition) is 2. The Morgan fingerprint density at radius 1 is 1.00 bits per heavy atom. The summed E-state index contributed by atoms with van der Waals surface area (Å²) in [6, 6.07) is 11.6. The van der Waals surface area contributed by atoms with Crippen LogP contribution < -0.4 is 5.32 Å². The van der Waals surface area contributed by atoms with Gasteiger partial charge in [0.2, 0.25) is 0 Å². The molecular formula is C18H28N2. The maximum absolute atomic E-state index is 3.78. The van der Waals surface area contributed by atoms with Gasteiger partial charge in [-0.05, 0) is 50.4 Å². The first kappa shape index (κ1) is 14.1. The van der Waals surface area contributed by atoms with Gasteiger partial charge in [0.15, 0.2) is 0 Å². The number of nitrogens with one attached hydrogen (secondary N) is 1. The zero-order valence-electron chi connectivity index (χ0n) is 12.6. The van der Waals surface area contributed by atoms with Gasteiger partial charge in [-0.3, -0.25) is 4.90 Å².